The highest BCUT2D eigenvalue weighted by molar-refractivity contribution is 5.84. The lowest BCUT2D eigenvalue weighted by Crippen LogP contribution is -2.05. The quantitative estimate of drug-likeness (QED) is 0.790. The summed E-state index contributed by atoms with van der Waals surface area (Å²) in [6.07, 6.45) is 0.415. The van der Waals surface area contributed by atoms with Crippen LogP contribution in [0.3, 0.4) is 0 Å². The van der Waals surface area contributed by atoms with Crippen LogP contribution >= 0.6 is 0 Å². The minimum absolute atomic E-state index is 0.260. The molecule has 0 aromatic carbocycles. The highest BCUT2D eigenvalue weighted by atomic mass is 19.3. The lowest BCUT2D eigenvalue weighted by atomic mass is 10.4. The second kappa shape index (κ2) is 3.21. The number of nitrogens with two attached hydrogens (primary N) is 1. The Kier molecular flexibility index (Phi) is 2.03. The molecular formula is C8H8F2N4. The first-order chi connectivity index (χ1) is 6.68. The first-order valence-corrected chi connectivity index (χ1v) is 4.02. The molecule has 0 aliphatic heterocycles. The van der Waals surface area contributed by atoms with Gasteiger partial charge in [0.2, 0.25) is 0 Å². The molecule has 4 nitrogen and oxygen atoms in total. The molecule has 0 aliphatic rings. The molecule has 14 heavy (non-hydrogen) atoms. The Labute approximate surface area is 78.4 Å². The summed E-state index contributed by atoms with van der Waals surface area (Å²) in [4.78, 5) is 7.73. The van der Waals surface area contributed by atoms with Crippen molar-refractivity contribution < 1.29 is 8.78 Å². The number of halogens is 2. The van der Waals surface area contributed by atoms with Gasteiger partial charge >= 0.3 is 0 Å². The zero-order valence-corrected chi connectivity index (χ0v) is 7.19. The maximum absolute atomic E-state index is 12.1. The summed E-state index contributed by atoms with van der Waals surface area (Å²) in [6, 6.07) is 1.61. The zero-order chi connectivity index (χ0) is 10.1. The summed E-state index contributed by atoms with van der Waals surface area (Å²) >= 11 is 0. The van der Waals surface area contributed by atoms with Gasteiger partial charge < -0.3 is 10.3 Å². The van der Waals surface area contributed by atoms with E-state index in [2.05, 4.69) is 9.97 Å². The number of nitrogens with zero attached hydrogens (tertiary/aromatic N) is 3. The third kappa shape index (κ3) is 1.39. The third-order valence-electron chi connectivity index (χ3n) is 1.90. The molecular weight excluding hydrogens is 190 g/mol. The topological polar surface area (TPSA) is 56.7 Å². The Hall–Kier alpha value is -1.72. The van der Waals surface area contributed by atoms with Gasteiger partial charge in [-0.25, -0.2) is 18.7 Å². The van der Waals surface area contributed by atoms with Crippen LogP contribution in [0.5, 0.6) is 0 Å². The lowest BCUT2D eigenvalue weighted by Gasteiger charge is -2.02. The Morgan fingerprint density at radius 3 is 2.93 bits per heavy atom. The monoisotopic (exact) mass is 198 g/mol. The van der Waals surface area contributed by atoms with Gasteiger partial charge in [-0.05, 0) is 6.07 Å². The van der Waals surface area contributed by atoms with Gasteiger partial charge in [0.05, 0.1) is 18.4 Å². The molecule has 0 amide bonds. The third-order valence-corrected chi connectivity index (χ3v) is 1.90. The van der Waals surface area contributed by atoms with E-state index in [0.29, 0.717) is 11.0 Å². The number of imidazole rings is 1. The Balaban J connectivity index is 2.52. The molecule has 6 heteroatoms. The van der Waals surface area contributed by atoms with E-state index < -0.39 is 6.43 Å². The molecule has 0 spiro atoms. The summed E-state index contributed by atoms with van der Waals surface area (Å²) in [5, 5.41) is 0. The van der Waals surface area contributed by atoms with E-state index in [-0.39, 0.29) is 12.4 Å². The lowest BCUT2D eigenvalue weighted by molar-refractivity contribution is 0.128. The predicted octanol–water partition coefficient (Wildman–Crippen LogP) is 1.28. The first-order valence-electron chi connectivity index (χ1n) is 4.02. The normalized spacial score (nSPS) is 11.4. The predicted molar refractivity (Wildman–Crippen MR) is 47.9 cm³/mol. The minimum Gasteiger partial charge on any atom is -0.382 e. The summed E-state index contributed by atoms with van der Waals surface area (Å²) in [7, 11) is 0. The van der Waals surface area contributed by atoms with Gasteiger partial charge in [-0.2, -0.15) is 0 Å². The molecule has 0 radical (unpaired) electrons. The Morgan fingerprint density at radius 1 is 1.43 bits per heavy atom. The molecule has 0 aliphatic carbocycles. The van der Waals surface area contributed by atoms with E-state index in [1.165, 1.54) is 17.1 Å². The summed E-state index contributed by atoms with van der Waals surface area (Å²) < 4.78 is 25.6. The van der Waals surface area contributed by atoms with Gasteiger partial charge in [0.15, 0.2) is 5.82 Å². The van der Waals surface area contributed by atoms with Crippen molar-refractivity contribution in [3.8, 4) is 0 Å². The number of pyridine rings is 1. The second-order valence-electron chi connectivity index (χ2n) is 2.85. The van der Waals surface area contributed by atoms with Crippen LogP contribution in [-0.4, -0.2) is 21.0 Å². The van der Waals surface area contributed by atoms with Crippen molar-refractivity contribution in [1.29, 1.82) is 0 Å². The molecule has 74 valence electrons. The number of aromatic nitrogens is 3. The van der Waals surface area contributed by atoms with Crippen molar-refractivity contribution >= 4 is 16.9 Å². The Morgan fingerprint density at radius 2 is 2.21 bits per heavy atom. The van der Waals surface area contributed by atoms with Crippen LogP contribution in [0.4, 0.5) is 14.6 Å². The van der Waals surface area contributed by atoms with Crippen molar-refractivity contribution in [1.82, 2.24) is 14.5 Å². The zero-order valence-electron chi connectivity index (χ0n) is 7.19. The van der Waals surface area contributed by atoms with Crippen molar-refractivity contribution in [2.75, 3.05) is 5.73 Å². The average Bonchev–Trinajstić information content (AvgIpc) is 2.49. The molecule has 0 unspecified atom stereocenters. The molecule has 0 saturated carbocycles. The van der Waals surface area contributed by atoms with E-state index in [9.17, 15) is 8.78 Å². The van der Waals surface area contributed by atoms with E-state index in [4.69, 9.17) is 5.73 Å². The van der Waals surface area contributed by atoms with Gasteiger partial charge in [0.25, 0.3) is 6.43 Å². The van der Waals surface area contributed by atoms with E-state index in [1.807, 2.05) is 0 Å². The van der Waals surface area contributed by atoms with Gasteiger partial charge in [0.1, 0.15) is 5.52 Å². The van der Waals surface area contributed by atoms with Crippen molar-refractivity contribution in [3.05, 3.63) is 18.6 Å². The molecule has 2 N–H and O–H groups in total. The molecule has 0 saturated heterocycles. The fraction of sp³-hybridized carbons (Fsp3) is 0.250. The van der Waals surface area contributed by atoms with Crippen LogP contribution in [0, 0.1) is 0 Å². The maximum Gasteiger partial charge on any atom is 0.256 e. The van der Waals surface area contributed by atoms with Crippen LogP contribution in [0.15, 0.2) is 18.6 Å². The standard InChI is InChI=1S/C8H8F2N4/c9-6(10)3-14-4-13-7-5(14)1-2-12-8(7)11/h1-2,4,6H,3H2,(H2,11,12). The van der Waals surface area contributed by atoms with Gasteiger partial charge in [0, 0.05) is 6.20 Å². The van der Waals surface area contributed by atoms with E-state index in [0.717, 1.165) is 0 Å². The van der Waals surface area contributed by atoms with Crippen LogP contribution < -0.4 is 5.73 Å². The number of anilines is 1. The fourth-order valence-corrected chi connectivity index (χ4v) is 1.31. The second-order valence-corrected chi connectivity index (χ2v) is 2.85. The molecule has 0 bridgehead atoms. The highest BCUT2D eigenvalue weighted by Gasteiger charge is 2.09. The van der Waals surface area contributed by atoms with Crippen LogP contribution in [-0.2, 0) is 6.54 Å². The molecule has 0 atom stereocenters. The number of hydrogen-bond donors (Lipinski definition) is 1. The summed E-state index contributed by atoms with van der Waals surface area (Å²) in [6.45, 7) is -0.375. The van der Waals surface area contributed by atoms with E-state index in [1.54, 1.807) is 6.07 Å². The number of alkyl halides is 2. The summed E-state index contributed by atoms with van der Waals surface area (Å²) in [5.74, 6) is 0.260. The highest BCUT2D eigenvalue weighted by Crippen LogP contribution is 2.17. The maximum atomic E-state index is 12.1. The molecule has 2 aromatic heterocycles. The van der Waals surface area contributed by atoms with Crippen molar-refractivity contribution in [2.24, 2.45) is 0 Å². The van der Waals surface area contributed by atoms with Crippen molar-refractivity contribution in [2.45, 2.75) is 13.0 Å². The van der Waals surface area contributed by atoms with Gasteiger partial charge in [-0.3, -0.25) is 0 Å². The molecule has 0 fully saturated rings. The fourth-order valence-electron chi connectivity index (χ4n) is 1.31. The van der Waals surface area contributed by atoms with Crippen molar-refractivity contribution in [3.63, 3.8) is 0 Å². The van der Waals surface area contributed by atoms with Gasteiger partial charge in [-0.15, -0.1) is 0 Å². The van der Waals surface area contributed by atoms with E-state index >= 15 is 0 Å². The number of hydrogen-bond acceptors (Lipinski definition) is 3. The largest absolute Gasteiger partial charge is 0.382 e. The average molecular weight is 198 g/mol. The minimum atomic E-state index is -2.40. The van der Waals surface area contributed by atoms with Crippen LogP contribution in [0.1, 0.15) is 0 Å². The molecule has 2 rings (SSSR count). The number of fused-ring (bicyclic) bond motifs is 1. The number of nitrogen functional groups attached to an aromatic ring is 1. The Bertz CT molecular complexity index is 452. The summed E-state index contributed by atoms with van der Waals surface area (Å²) in [5.41, 5.74) is 6.57. The van der Waals surface area contributed by atoms with Gasteiger partial charge in [-0.1, -0.05) is 0 Å². The first kappa shape index (κ1) is 8.86. The molecule has 2 aromatic rings. The van der Waals surface area contributed by atoms with Crippen LogP contribution in [0.25, 0.3) is 11.0 Å². The number of rotatable bonds is 2. The SMILES string of the molecule is Nc1nccc2c1ncn2CC(F)F. The molecule has 2 heterocycles. The van der Waals surface area contributed by atoms with Crippen LogP contribution in [0.2, 0.25) is 0 Å². The smallest absolute Gasteiger partial charge is 0.256 e.